The molecule has 0 aliphatic carbocycles. The first-order valence-electron chi connectivity index (χ1n) is 34.5. The Balaban J connectivity index is 5.17. The second kappa shape index (κ2) is 58.4. The number of hydrogen-bond acceptors (Lipinski definition) is 15. The lowest BCUT2D eigenvalue weighted by Gasteiger charge is -2.21. The van der Waals surface area contributed by atoms with Crippen molar-refractivity contribution in [2.75, 3.05) is 39.6 Å². The minimum Gasteiger partial charge on any atom is -0.462 e. The molecule has 0 rings (SSSR count). The van der Waals surface area contributed by atoms with Crippen LogP contribution in [0.3, 0.4) is 0 Å². The predicted molar refractivity (Wildman–Crippen MR) is 340 cm³/mol. The number of phosphoric ester groups is 2. The second-order valence-electron chi connectivity index (χ2n) is 24.6. The fraction of sp³-hybridized carbons (Fsp3) is 0.939. The van der Waals surface area contributed by atoms with Crippen LogP contribution in [0.15, 0.2) is 0 Å². The topological polar surface area (TPSA) is 237 Å². The van der Waals surface area contributed by atoms with Crippen molar-refractivity contribution in [2.24, 2.45) is 11.8 Å². The summed E-state index contributed by atoms with van der Waals surface area (Å²) >= 11 is 0. The Kier molecular flexibility index (Phi) is 57.1. The zero-order valence-corrected chi connectivity index (χ0v) is 56.7. The molecule has 0 aromatic carbocycles. The van der Waals surface area contributed by atoms with E-state index in [4.69, 9.17) is 37.0 Å². The van der Waals surface area contributed by atoms with Crippen molar-refractivity contribution < 1.29 is 80.2 Å². The molecule has 0 aromatic rings. The van der Waals surface area contributed by atoms with E-state index < -0.39 is 97.5 Å². The molecule has 0 radical (unpaired) electrons. The Morgan fingerprint density at radius 1 is 0.341 bits per heavy atom. The maximum Gasteiger partial charge on any atom is 0.472 e. The molecule has 85 heavy (non-hydrogen) atoms. The van der Waals surface area contributed by atoms with Gasteiger partial charge in [-0.3, -0.25) is 37.3 Å². The maximum absolute atomic E-state index is 13.0. The zero-order chi connectivity index (χ0) is 62.9. The first-order chi connectivity index (χ1) is 40.9. The van der Waals surface area contributed by atoms with E-state index in [-0.39, 0.29) is 25.7 Å². The summed E-state index contributed by atoms with van der Waals surface area (Å²) in [6, 6.07) is 0. The van der Waals surface area contributed by atoms with Crippen LogP contribution in [0.4, 0.5) is 0 Å². The van der Waals surface area contributed by atoms with E-state index in [0.717, 1.165) is 108 Å². The van der Waals surface area contributed by atoms with Gasteiger partial charge in [0.05, 0.1) is 26.4 Å². The van der Waals surface area contributed by atoms with Crippen molar-refractivity contribution in [1.82, 2.24) is 0 Å². The molecule has 0 aliphatic heterocycles. The molecule has 0 amide bonds. The molecule has 0 bridgehead atoms. The number of aliphatic hydroxyl groups excluding tert-OH is 1. The average Bonchev–Trinajstić information content (AvgIpc) is 3.55. The highest BCUT2D eigenvalue weighted by atomic mass is 31.2. The van der Waals surface area contributed by atoms with Crippen LogP contribution in [-0.2, 0) is 65.4 Å². The summed E-state index contributed by atoms with van der Waals surface area (Å²) in [4.78, 5) is 72.1. The van der Waals surface area contributed by atoms with Gasteiger partial charge in [-0.15, -0.1) is 0 Å². The van der Waals surface area contributed by atoms with Crippen molar-refractivity contribution >= 4 is 39.5 Å². The summed E-state index contributed by atoms with van der Waals surface area (Å²) < 4.78 is 67.9. The highest BCUT2D eigenvalue weighted by Crippen LogP contribution is 2.45. The fourth-order valence-electron chi connectivity index (χ4n) is 9.85. The van der Waals surface area contributed by atoms with E-state index in [0.29, 0.717) is 25.7 Å². The normalized spacial score (nSPS) is 14.6. The number of unbranched alkanes of at least 4 members (excludes halogenated alkanes) is 34. The number of phosphoric acid groups is 2. The molecule has 17 nitrogen and oxygen atoms in total. The summed E-state index contributed by atoms with van der Waals surface area (Å²) in [5.41, 5.74) is 0. The third kappa shape index (κ3) is 59.5. The third-order valence-corrected chi connectivity index (χ3v) is 17.5. The second-order valence-corrected chi connectivity index (χ2v) is 27.5. The smallest absolute Gasteiger partial charge is 0.462 e. The van der Waals surface area contributed by atoms with Gasteiger partial charge < -0.3 is 33.8 Å². The minimum atomic E-state index is -4.95. The van der Waals surface area contributed by atoms with Crippen molar-refractivity contribution in [3.05, 3.63) is 0 Å². The third-order valence-electron chi connectivity index (χ3n) is 15.6. The number of carbonyl (C=O) groups excluding carboxylic acids is 4. The number of hydrogen-bond donors (Lipinski definition) is 3. The molecular weight excluding hydrogens is 1130 g/mol. The zero-order valence-electron chi connectivity index (χ0n) is 54.9. The van der Waals surface area contributed by atoms with Crippen LogP contribution >= 0.6 is 15.6 Å². The molecule has 3 N–H and O–H groups in total. The van der Waals surface area contributed by atoms with Gasteiger partial charge >= 0.3 is 39.5 Å². The van der Waals surface area contributed by atoms with E-state index >= 15 is 0 Å². The van der Waals surface area contributed by atoms with Gasteiger partial charge in [0.1, 0.15) is 19.3 Å². The molecule has 19 heteroatoms. The van der Waals surface area contributed by atoms with Crippen LogP contribution in [0, 0.1) is 11.8 Å². The summed E-state index contributed by atoms with van der Waals surface area (Å²) in [5.74, 6) is -0.645. The van der Waals surface area contributed by atoms with E-state index in [1.807, 2.05) is 0 Å². The van der Waals surface area contributed by atoms with Gasteiger partial charge in [0, 0.05) is 25.7 Å². The Morgan fingerprint density at radius 2 is 0.600 bits per heavy atom. The molecule has 0 heterocycles. The molecule has 0 spiro atoms. The van der Waals surface area contributed by atoms with Gasteiger partial charge in [-0.2, -0.15) is 0 Å². The van der Waals surface area contributed by atoms with Gasteiger partial charge in [0.2, 0.25) is 0 Å². The largest absolute Gasteiger partial charge is 0.472 e. The number of esters is 4. The Labute approximate surface area is 517 Å². The van der Waals surface area contributed by atoms with Crippen molar-refractivity contribution in [3.8, 4) is 0 Å². The van der Waals surface area contributed by atoms with Crippen molar-refractivity contribution in [2.45, 2.75) is 349 Å². The Morgan fingerprint density at radius 3 is 0.894 bits per heavy atom. The van der Waals surface area contributed by atoms with Gasteiger partial charge in [-0.05, 0) is 37.5 Å². The Bertz CT molecular complexity index is 1670. The molecule has 6 atom stereocenters. The van der Waals surface area contributed by atoms with Gasteiger partial charge in [-0.25, -0.2) is 9.13 Å². The van der Waals surface area contributed by atoms with Gasteiger partial charge in [0.15, 0.2) is 12.2 Å². The molecular formula is C66H128O17P2. The van der Waals surface area contributed by atoms with Crippen molar-refractivity contribution in [3.63, 3.8) is 0 Å². The van der Waals surface area contributed by atoms with Gasteiger partial charge in [0.25, 0.3) is 0 Å². The number of ether oxygens (including phenoxy) is 4. The summed E-state index contributed by atoms with van der Waals surface area (Å²) in [6.07, 6.45) is 42.1. The summed E-state index contributed by atoms with van der Waals surface area (Å²) in [5, 5.41) is 10.5. The molecule has 504 valence electrons. The van der Waals surface area contributed by atoms with Crippen LogP contribution < -0.4 is 0 Å². The highest BCUT2D eigenvalue weighted by Gasteiger charge is 2.30. The van der Waals surface area contributed by atoms with Crippen LogP contribution in [0.2, 0.25) is 0 Å². The molecule has 0 saturated carbocycles. The molecule has 0 saturated heterocycles. The fourth-order valence-corrected chi connectivity index (χ4v) is 11.4. The lowest BCUT2D eigenvalue weighted by Crippen LogP contribution is -2.30. The average molecular weight is 1260 g/mol. The molecule has 0 fully saturated rings. The molecule has 3 unspecified atom stereocenters. The van der Waals surface area contributed by atoms with Crippen LogP contribution in [0.1, 0.15) is 330 Å². The highest BCUT2D eigenvalue weighted by molar-refractivity contribution is 7.47. The Hall–Kier alpha value is -1.94. The SMILES string of the molecule is CCCCCCCCCCCCCCCCCC(=O)OC[C@H](COP(=O)(O)OC[C@@H](O)COP(=O)(O)OC[C@@H](COC(=O)CCCCCCC)OC(=O)CCCCCCCCC(C)CC)OC(=O)CCCCCCCCCCCCCCC(C)C. The van der Waals surface area contributed by atoms with Crippen LogP contribution in [0.25, 0.3) is 0 Å². The monoisotopic (exact) mass is 1250 g/mol. The lowest BCUT2D eigenvalue weighted by molar-refractivity contribution is -0.161. The van der Waals surface area contributed by atoms with E-state index in [2.05, 4.69) is 41.5 Å². The predicted octanol–water partition coefficient (Wildman–Crippen LogP) is 18.4. The standard InChI is InChI=1S/C66H128O17P2/c1-7-10-12-14-15-16-17-18-19-20-24-27-30-37-43-49-64(69)77-55-62(82-65(70)50-44-38-31-28-25-22-21-23-26-29-35-40-46-58(4)5)57-81-85(74,75)79-53-60(67)52-78-84(72,73)80-56-61(54-76-63(68)48-42-34-13-11-8-2)83-66(71)51-45-39-33-32-36-41-47-59(6)9-3/h58-62,67H,7-57H2,1-6H3,(H,72,73)(H,74,75)/t59?,60-,61+,62+/m0/s1. The summed E-state index contributed by atoms with van der Waals surface area (Å²) in [6.45, 7) is 9.39. The molecule has 0 aliphatic rings. The first kappa shape index (κ1) is 83.1. The van der Waals surface area contributed by atoms with Crippen molar-refractivity contribution in [1.29, 1.82) is 0 Å². The van der Waals surface area contributed by atoms with Gasteiger partial charge in [-0.1, -0.05) is 279 Å². The minimum absolute atomic E-state index is 0.102. The first-order valence-corrected chi connectivity index (χ1v) is 37.5. The maximum atomic E-state index is 13.0. The number of carbonyl (C=O) groups is 4. The summed E-state index contributed by atoms with van der Waals surface area (Å²) in [7, 11) is -9.88. The van der Waals surface area contributed by atoms with E-state index in [9.17, 15) is 43.2 Å². The van der Waals surface area contributed by atoms with Crippen LogP contribution in [-0.4, -0.2) is 96.7 Å². The number of rotatable bonds is 65. The van der Waals surface area contributed by atoms with E-state index in [1.54, 1.807) is 0 Å². The quantitative estimate of drug-likeness (QED) is 0.0222. The molecule has 0 aromatic heterocycles. The number of aliphatic hydroxyl groups is 1. The van der Waals surface area contributed by atoms with Crippen LogP contribution in [0.5, 0.6) is 0 Å². The lowest BCUT2D eigenvalue weighted by atomic mass is 10.00. The van der Waals surface area contributed by atoms with E-state index in [1.165, 1.54) is 141 Å².